The first kappa shape index (κ1) is 15.8. The molecule has 2 N–H and O–H groups in total. The van der Waals surface area contributed by atoms with E-state index in [1.807, 2.05) is 0 Å². The van der Waals surface area contributed by atoms with E-state index in [9.17, 15) is 8.78 Å². The summed E-state index contributed by atoms with van der Waals surface area (Å²) in [5, 5.41) is 6.82. The fourth-order valence-electron chi connectivity index (χ4n) is 2.29. The van der Waals surface area contributed by atoms with Gasteiger partial charge in [-0.2, -0.15) is 0 Å². The molecular formula is C14H28F2N2. The Morgan fingerprint density at radius 1 is 1.11 bits per heavy atom. The Kier molecular flexibility index (Phi) is 5.99. The molecule has 0 radical (unpaired) electrons. The topological polar surface area (TPSA) is 24.1 Å². The lowest BCUT2D eigenvalue weighted by molar-refractivity contribution is -0.0454. The van der Waals surface area contributed by atoms with Crippen LogP contribution in [0, 0.1) is 5.92 Å². The minimum Gasteiger partial charge on any atom is -0.316 e. The van der Waals surface area contributed by atoms with Crippen LogP contribution < -0.4 is 10.6 Å². The summed E-state index contributed by atoms with van der Waals surface area (Å²) in [5.41, 5.74) is 0.176. The third-order valence-electron chi connectivity index (χ3n) is 3.46. The van der Waals surface area contributed by atoms with Crippen molar-refractivity contribution >= 4 is 0 Å². The lowest BCUT2D eigenvalue weighted by Gasteiger charge is -2.28. The van der Waals surface area contributed by atoms with Crippen molar-refractivity contribution in [2.24, 2.45) is 5.92 Å². The molecule has 0 bridgehead atoms. The Morgan fingerprint density at radius 2 is 1.72 bits per heavy atom. The molecule has 0 saturated heterocycles. The molecule has 108 valence electrons. The first-order chi connectivity index (χ1) is 8.29. The molecule has 0 aromatic heterocycles. The Bertz CT molecular complexity index is 226. The maximum atomic E-state index is 12.9. The van der Waals surface area contributed by atoms with E-state index >= 15 is 0 Å². The van der Waals surface area contributed by atoms with Gasteiger partial charge < -0.3 is 10.6 Å². The average Bonchev–Trinajstić information content (AvgIpc) is 2.23. The number of halogens is 2. The smallest absolute Gasteiger partial charge is 0.248 e. The van der Waals surface area contributed by atoms with Crippen LogP contribution in [0.15, 0.2) is 0 Å². The molecule has 1 aliphatic carbocycles. The van der Waals surface area contributed by atoms with Gasteiger partial charge in [0.05, 0.1) is 0 Å². The summed E-state index contributed by atoms with van der Waals surface area (Å²) in [4.78, 5) is 0. The van der Waals surface area contributed by atoms with Gasteiger partial charge in [0.15, 0.2) is 0 Å². The maximum Gasteiger partial charge on any atom is 0.248 e. The second-order valence-corrected chi connectivity index (χ2v) is 6.53. The monoisotopic (exact) mass is 262 g/mol. The van der Waals surface area contributed by atoms with Crippen LogP contribution >= 0.6 is 0 Å². The highest BCUT2D eigenvalue weighted by Gasteiger charge is 2.34. The fourth-order valence-corrected chi connectivity index (χ4v) is 2.29. The second-order valence-electron chi connectivity index (χ2n) is 6.53. The van der Waals surface area contributed by atoms with Gasteiger partial charge in [-0.3, -0.25) is 0 Å². The van der Waals surface area contributed by atoms with Gasteiger partial charge in [0.1, 0.15) is 0 Å². The third-order valence-corrected chi connectivity index (χ3v) is 3.46. The molecule has 4 heteroatoms. The molecule has 0 aromatic carbocycles. The van der Waals surface area contributed by atoms with Crippen molar-refractivity contribution in [3.05, 3.63) is 0 Å². The summed E-state index contributed by atoms with van der Waals surface area (Å²) < 4.78 is 25.9. The van der Waals surface area contributed by atoms with Crippen molar-refractivity contribution in [1.29, 1.82) is 0 Å². The van der Waals surface area contributed by atoms with E-state index in [1.54, 1.807) is 0 Å². The van der Waals surface area contributed by atoms with Gasteiger partial charge in [-0.05, 0) is 65.6 Å². The summed E-state index contributed by atoms with van der Waals surface area (Å²) in [6, 6.07) is 0. The largest absolute Gasteiger partial charge is 0.316 e. The Hall–Kier alpha value is -0.220. The van der Waals surface area contributed by atoms with Crippen LogP contribution in [0.4, 0.5) is 8.78 Å². The molecule has 18 heavy (non-hydrogen) atoms. The van der Waals surface area contributed by atoms with Crippen molar-refractivity contribution in [2.75, 3.05) is 19.6 Å². The standard InChI is InChI=1S/C14H28F2N2/c1-13(2,3)18-10-4-9-17-11-12-5-7-14(15,16)8-6-12/h12,17-18H,4-11H2,1-3H3. The molecule has 0 atom stereocenters. The molecule has 0 aromatic rings. The zero-order chi connectivity index (χ0) is 13.6. The van der Waals surface area contributed by atoms with Gasteiger partial charge in [0.25, 0.3) is 0 Å². The van der Waals surface area contributed by atoms with E-state index in [4.69, 9.17) is 0 Å². The molecule has 1 rings (SSSR count). The van der Waals surface area contributed by atoms with E-state index in [0.29, 0.717) is 18.8 Å². The summed E-state index contributed by atoms with van der Waals surface area (Å²) in [6.07, 6.45) is 2.57. The highest BCUT2D eigenvalue weighted by molar-refractivity contribution is 4.78. The van der Waals surface area contributed by atoms with Gasteiger partial charge in [-0.1, -0.05) is 0 Å². The summed E-state index contributed by atoms with van der Waals surface area (Å²) in [5.74, 6) is -1.95. The van der Waals surface area contributed by atoms with Crippen LogP contribution in [0.25, 0.3) is 0 Å². The van der Waals surface area contributed by atoms with E-state index in [1.165, 1.54) is 0 Å². The third kappa shape index (κ3) is 7.27. The van der Waals surface area contributed by atoms with E-state index in [2.05, 4.69) is 31.4 Å². The van der Waals surface area contributed by atoms with Gasteiger partial charge in [-0.25, -0.2) is 8.78 Å². The number of rotatable bonds is 6. The highest BCUT2D eigenvalue weighted by Crippen LogP contribution is 2.35. The van der Waals surface area contributed by atoms with Crippen LogP contribution in [-0.2, 0) is 0 Å². The van der Waals surface area contributed by atoms with E-state index in [-0.39, 0.29) is 18.4 Å². The van der Waals surface area contributed by atoms with Crippen LogP contribution in [0.1, 0.15) is 52.9 Å². The zero-order valence-corrected chi connectivity index (χ0v) is 12.0. The molecular weight excluding hydrogens is 234 g/mol. The molecule has 0 spiro atoms. The number of hydrogen-bond donors (Lipinski definition) is 2. The lowest BCUT2D eigenvalue weighted by atomic mass is 9.87. The molecule has 0 heterocycles. The average molecular weight is 262 g/mol. The van der Waals surface area contributed by atoms with E-state index in [0.717, 1.165) is 26.1 Å². The SMILES string of the molecule is CC(C)(C)NCCCNCC1CCC(F)(F)CC1. The molecule has 1 fully saturated rings. The quantitative estimate of drug-likeness (QED) is 0.718. The van der Waals surface area contributed by atoms with Crippen LogP contribution in [-0.4, -0.2) is 31.1 Å². The van der Waals surface area contributed by atoms with E-state index < -0.39 is 5.92 Å². The second kappa shape index (κ2) is 6.80. The molecule has 0 aliphatic heterocycles. The van der Waals surface area contributed by atoms with Gasteiger partial charge in [-0.15, -0.1) is 0 Å². The minimum absolute atomic E-state index is 0.0743. The number of hydrogen-bond acceptors (Lipinski definition) is 2. The molecule has 2 nitrogen and oxygen atoms in total. The van der Waals surface area contributed by atoms with Crippen molar-refractivity contribution in [1.82, 2.24) is 10.6 Å². The minimum atomic E-state index is -2.40. The molecule has 1 aliphatic rings. The molecule has 0 amide bonds. The number of alkyl halides is 2. The fraction of sp³-hybridized carbons (Fsp3) is 1.00. The molecule has 1 saturated carbocycles. The Morgan fingerprint density at radius 3 is 2.28 bits per heavy atom. The van der Waals surface area contributed by atoms with Crippen molar-refractivity contribution in [2.45, 2.75) is 64.3 Å². The van der Waals surface area contributed by atoms with Crippen molar-refractivity contribution in [3.8, 4) is 0 Å². The Balaban J connectivity index is 1.96. The van der Waals surface area contributed by atoms with Gasteiger partial charge in [0, 0.05) is 18.4 Å². The van der Waals surface area contributed by atoms with Crippen molar-refractivity contribution < 1.29 is 8.78 Å². The van der Waals surface area contributed by atoms with Crippen LogP contribution in [0.3, 0.4) is 0 Å². The first-order valence-corrected chi connectivity index (χ1v) is 7.12. The normalized spacial score (nSPS) is 21.2. The number of nitrogens with one attached hydrogen (secondary N) is 2. The van der Waals surface area contributed by atoms with Crippen molar-refractivity contribution in [3.63, 3.8) is 0 Å². The van der Waals surface area contributed by atoms with Crippen LogP contribution in [0.5, 0.6) is 0 Å². The predicted molar refractivity (Wildman–Crippen MR) is 72.1 cm³/mol. The van der Waals surface area contributed by atoms with Gasteiger partial charge in [0.2, 0.25) is 5.92 Å². The summed E-state index contributed by atoms with van der Waals surface area (Å²) in [7, 11) is 0. The Labute approximate surface area is 110 Å². The van der Waals surface area contributed by atoms with Gasteiger partial charge >= 0.3 is 0 Å². The maximum absolute atomic E-state index is 12.9. The predicted octanol–water partition coefficient (Wildman–Crippen LogP) is 3.18. The zero-order valence-electron chi connectivity index (χ0n) is 12.0. The first-order valence-electron chi connectivity index (χ1n) is 7.12. The summed E-state index contributed by atoms with van der Waals surface area (Å²) >= 11 is 0. The summed E-state index contributed by atoms with van der Waals surface area (Å²) in [6.45, 7) is 9.33. The lowest BCUT2D eigenvalue weighted by Crippen LogP contribution is -2.38. The van der Waals surface area contributed by atoms with Crippen LogP contribution in [0.2, 0.25) is 0 Å². The molecule has 0 unspecified atom stereocenters. The highest BCUT2D eigenvalue weighted by atomic mass is 19.3.